The van der Waals surface area contributed by atoms with E-state index in [1.165, 1.54) is 5.57 Å². The Kier molecular flexibility index (Phi) is 7.16. The fourth-order valence-corrected chi connectivity index (χ4v) is 1.32. The molecule has 0 spiro atoms. The molecule has 0 aromatic heterocycles. The van der Waals surface area contributed by atoms with Crippen LogP contribution >= 0.6 is 15.9 Å². The van der Waals surface area contributed by atoms with Crippen molar-refractivity contribution in [3.8, 4) is 0 Å². The maximum absolute atomic E-state index is 10.9. The molecule has 0 bridgehead atoms. The molecule has 0 amide bonds. The summed E-state index contributed by atoms with van der Waals surface area (Å²) in [5.74, 6) is -0.111. The Morgan fingerprint density at radius 2 is 2.17 bits per heavy atom. The minimum Gasteiger partial charge on any atom is -0.466 e. The molecule has 2 nitrogen and oxygen atoms in total. The normalized spacial score (nSPS) is 11.4. The van der Waals surface area contributed by atoms with E-state index in [0.29, 0.717) is 13.0 Å². The summed E-state index contributed by atoms with van der Waals surface area (Å²) in [7, 11) is 0. The number of carbonyl (C=O) groups excluding carboxylic acids is 1. The van der Waals surface area contributed by atoms with E-state index >= 15 is 0 Å². The molecule has 0 N–H and O–H groups in total. The van der Waals surface area contributed by atoms with Gasteiger partial charge in [0.05, 0.1) is 6.61 Å². The van der Waals surface area contributed by atoms with E-state index in [2.05, 4.69) is 22.0 Å². The van der Waals surface area contributed by atoms with Gasteiger partial charge in [0.1, 0.15) is 0 Å². The number of hydrogen-bond acceptors (Lipinski definition) is 2. The van der Waals surface area contributed by atoms with Crippen molar-refractivity contribution in [3.05, 3.63) is 11.6 Å². The van der Waals surface area contributed by atoms with Gasteiger partial charge in [-0.05, 0) is 20.3 Å². The molecular formula is C9H15BrO2. The Balaban J connectivity index is 3.53. The number of rotatable bonds is 5. The Morgan fingerprint density at radius 1 is 1.50 bits per heavy atom. The first-order valence-electron chi connectivity index (χ1n) is 4.08. The highest BCUT2D eigenvalue weighted by Crippen LogP contribution is 2.05. The van der Waals surface area contributed by atoms with E-state index in [9.17, 15) is 4.79 Å². The van der Waals surface area contributed by atoms with Crippen molar-refractivity contribution in [2.45, 2.75) is 26.7 Å². The molecule has 70 valence electrons. The fraction of sp³-hybridized carbons (Fsp3) is 0.667. The highest BCUT2D eigenvalue weighted by Gasteiger charge is 2.00. The standard InChI is InChI=1S/C9H15BrO2/c1-3-12-9(11)5-4-8(2)6-7-10/h6H,3-5,7H2,1-2H3/b8-6+. The third-order valence-corrected chi connectivity index (χ3v) is 1.78. The minimum absolute atomic E-state index is 0.111. The number of esters is 1. The number of carbonyl (C=O) groups is 1. The highest BCUT2D eigenvalue weighted by atomic mass is 79.9. The van der Waals surface area contributed by atoms with Crippen LogP contribution in [0.1, 0.15) is 26.7 Å². The minimum atomic E-state index is -0.111. The molecule has 0 fully saturated rings. The van der Waals surface area contributed by atoms with E-state index < -0.39 is 0 Å². The van der Waals surface area contributed by atoms with Gasteiger partial charge >= 0.3 is 5.97 Å². The van der Waals surface area contributed by atoms with Crippen molar-refractivity contribution in [2.75, 3.05) is 11.9 Å². The average Bonchev–Trinajstić information content (AvgIpc) is 2.02. The van der Waals surface area contributed by atoms with Gasteiger partial charge in [-0.3, -0.25) is 4.79 Å². The smallest absolute Gasteiger partial charge is 0.306 e. The topological polar surface area (TPSA) is 26.3 Å². The molecule has 0 saturated heterocycles. The summed E-state index contributed by atoms with van der Waals surface area (Å²) in [6, 6.07) is 0. The number of ether oxygens (including phenoxy) is 1. The first-order chi connectivity index (χ1) is 5.70. The monoisotopic (exact) mass is 234 g/mol. The van der Waals surface area contributed by atoms with Crippen molar-refractivity contribution < 1.29 is 9.53 Å². The molecule has 0 aromatic rings. The predicted octanol–water partition coefficient (Wildman–Crippen LogP) is 2.67. The summed E-state index contributed by atoms with van der Waals surface area (Å²) < 4.78 is 4.79. The Labute approximate surface area is 82.1 Å². The molecule has 0 radical (unpaired) electrons. The van der Waals surface area contributed by atoms with Crippen LogP contribution in [-0.2, 0) is 9.53 Å². The molecule has 0 heterocycles. The highest BCUT2D eigenvalue weighted by molar-refractivity contribution is 9.09. The molecule has 0 saturated carbocycles. The molecular weight excluding hydrogens is 220 g/mol. The number of allylic oxidation sites excluding steroid dienone is 2. The zero-order valence-electron chi connectivity index (χ0n) is 7.60. The molecule has 12 heavy (non-hydrogen) atoms. The summed E-state index contributed by atoms with van der Waals surface area (Å²) in [4.78, 5) is 10.9. The quantitative estimate of drug-likeness (QED) is 0.416. The summed E-state index contributed by atoms with van der Waals surface area (Å²) in [5, 5.41) is 0.849. The lowest BCUT2D eigenvalue weighted by molar-refractivity contribution is -0.143. The van der Waals surface area contributed by atoms with Crippen LogP contribution < -0.4 is 0 Å². The van der Waals surface area contributed by atoms with Crippen LogP contribution in [0.25, 0.3) is 0 Å². The largest absolute Gasteiger partial charge is 0.466 e. The van der Waals surface area contributed by atoms with Gasteiger partial charge in [-0.2, -0.15) is 0 Å². The summed E-state index contributed by atoms with van der Waals surface area (Å²) in [6.07, 6.45) is 3.34. The second-order valence-electron chi connectivity index (χ2n) is 2.51. The molecule has 0 aliphatic carbocycles. The maximum Gasteiger partial charge on any atom is 0.306 e. The third-order valence-electron chi connectivity index (χ3n) is 1.45. The summed E-state index contributed by atoms with van der Waals surface area (Å²) in [5.41, 5.74) is 1.22. The number of hydrogen-bond donors (Lipinski definition) is 0. The SMILES string of the molecule is CCOC(=O)CC/C(C)=C/CBr. The lowest BCUT2D eigenvalue weighted by atomic mass is 10.1. The molecule has 0 atom stereocenters. The van der Waals surface area contributed by atoms with Crippen LogP contribution in [0.5, 0.6) is 0 Å². The van der Waals surface area contributed by atoms with Crippen LogP contribution in [0, 0.1) is 0 Å². The van der Waals surface area contributed by atoms with E-state index in [1.54, 1.807) is 0 Å². The van der Waals surface area contributed by atoms with E-state index in [0.717, 1.165) is 11.8 Å². The fourth-order valence-electron chi connectivity index (χ4n) is 0.766. The van der Waals surface area contributed by atoms with Crippen LogP contribution in [0.2, 0.25) is 0 Å². The van der Waals surface area contributed by atoms with Crippen LogP contribution in [-0.4, -0.2) is 17.9 Å². The van der Waals surface area contributed by atoms with Gasteiger partial charge in [0, 0.05) is 11.8 Å². The van der Waals surface area contributed by atoms with Crippen LogP contribution in [0.3, 0.4) is 0 Å². The van der Waals surface area contributed by atoms with E-state index in [1.807, 2.05) is 13.8 Å². The van der Waals surface area contributed by atoms with Crippen molar-refractivity contribution in [1.29, 1.82) is 0 Å². The predicted molar refractivity (Wildman–Crippen MR) is 53.4 cm³/mol. The third kappa shape index (κ3) is 6.40. The molecule has 0 unspecified atom stereocenters. The van der Waals surface area contributed by atoms with Crippen LogP contribution in [0.4, 0.5) is 0 Å². The maximum atomic E-state index is 10.9. The summed E-state index contributed by atoms with van der Waals surface area (Å²) >= 11 is 3.30. The Morgan fingerprint density at radius 3 is 2.67 bits per heavy atom. The lowest BCUT2D eigenvalue weighted by Crippen LogP contribution is -2.03. The van der Waals surface area contributed by atoms with Crippen molar-refractivity contribution >= 4 is 21.9 Å². The molecule has 0 rings (SSSR count). The number of halogens is 1. The average molecular weight is 235 g/mol. The molecule has 0 aromatic carbocycles. The second-order valence-corrected chi connectivity index (χ2v) is 3.16. The van der Waals surface area contributed by atoms with Gasteiger partial charge in [-0.1, -0.05) is 27.6 Å². The zero-order chi connectivity index (χ0) is 9.40. The van der Waals surface area contributed by atoms with E-state index in [-0.39, 0.29) is 5.97 Å². The van der Waals surface area contributed by atoms with E-state index in [4.69, 9.17) is 4.74 Å². The first-order valence-corrected chi connectivity index (χ1v) is 5.20. The van der Waals surface area contributed by atoms with Gasteiger partial charge in [-0.25, -0.2) is 0 Å². The zero-order valence-corrected chi connectivity index (χ0v) is 9.19. The summed E-state index contributed by atoms with van der Waals surface area (Å²) in [6.45, 7) is 4.31. The second kappa shape index (κ2) is 7.35. The number of alkyl halides is 1. The van der Waals surface area contributed by atoms with Gasteiger partial charge < -0.3 is 4.74 Å². The van der Waals surface area contributed by atoms with Gasteiger partial charge in [0.15, 0.2) is 0 Å². The van der Waals surface area contributed by atoms with Gasteiger partial charge in [0.25, 0.3) is 0 Å². The Hall–Kier alpha value is -0.310. The molecule has 3 heteroatoms. The van der Waals surface area contributed by atoms with Crippen molar-refractivity contribution in [1.82, 2.24) is 0 Å². The van der Waals surface area contributed by atoms with Gasteiger partial charge in [0.2, 0.25) is 0 Å². The molecule has 0 aliphatic heterocycles. The first kappa shape index (κ1) is 11.7. The van der Waals surface area contributed by atoms with Crippen molar-refractivity contribution in [3.63, 3.8) is 0 Å². The van der Waals surface area contributed by atoms with Gasteiger partial charge in [-0.15, -0.1) is 0 Å². The Bertz CT molecular complexity index is 164. The molecule has 0 aliphatic rings. The lowest BCUT2D eigenvalue weighted by Gasteiger charge is -2.01. The van der Waals surface area contributed by atoms with Crippen LogP contribution in [0.15, 0.2) is 11.6 Å². The van der Waals surface area contributed by atoms with Crippen molar-refractivity contribution in [2.24, 2.45) is 0 Å².